The van der Waals surface area contributed by atoms with Crippen LogP contribution in [-0.4, -0.2) is 19.8 Å². The Morgan fingerprint density at radius 1 is 0.840 bits per heavy atom. The Hall–Kier alpha value is -0.540. The maximum atomic E-state index is 5.66. The van der Waals surface area contributed by atoms with Gasteiger partial charge in [0.2, 0.25) is 0 Å². The number of ether oxygens (including phenoxy) is 1. The highest BCUT2D eigenvalue weighted by Gasteiger charge is 2.02. The molecule has 0 saturated carbocycles. The first kappa shape index (κ1) is 22.5. The second kappa shape index (κ2) is 15.7. The third-order valence-electron chi connectivity index (χ3n) is 4.51. The molecule has 1 aromatic rings. The Labute approximate surface area is 164 Å². The van der Waals surface area contributed by atoms with Crippen LogP contribution in [0.1, 0.15) is 83.6 Å². The smallest absolute Gasteiger partial charge is 0.0466 e. The van der Waals surface area contributed by atoms with Crippen molar-refractivity contribution in [2.45, 2.75) is 84.5 Å². The van der Waals surface area contributed by atoms with Crippen LogP contribution < -0.4 is 5.32 Å². The molecule has 0 amide bonds. The fraction of sp³-hybridized carbons (Fsp3) is 0.727. The number of unbranched alkanes of at least 4 members (excludes halogenated alkanes) is 7. The molecule has 25 heavy (non-hydrogen) atoms. The van der Waals surface area contributed by atoms with Gasteiger partial charge in [-0.1, -0.05) is 74.7 Å². The van der Waals surface area contributed by atoms with Crippen LogP contribution >= 0.6 is 15.9 Å². The van der Waals surface area contributed by atoms with Crippen LogP contribution in [0.15, 0.2) is 22.7 Å². The molecule has 0 aliphatic rings. The minimum Gasteiger partial charge on any atom is -0.385 e. The molecule has 0 heterocycles. The van der Waals surface area contributed by atoms with E-state index in [-0.39, 0.29) is 0 Å². The average Bonchev–Trinajstić information content (AvgIpc) is 2.61. The van der Waals surface area contributed by atoms with Crippen molar-refractivity contribution in [3.05, 3.63) is 28.2 Å². The molecule has 0 radical (unpaired) electrons. The van der Waals surface area contributed by atoms with Crippen LogP contribution in [-0.2, 0) is 11.2 Å². The lowest BCUT2D eigenvalue weighted by atomic mass is 10.1. The van der Waals surface area contributed by atoms with Gasteiger partial charge in [0, 0.05) is 29.9 Å². The quantitative estimate of drug-likeness (QED) is 0.286. The van der Waals surface area contributed by atoms with E-state index < -0.39 is 0 Å². The summed E-state index contributed by atoms with van der Waals surface area (Å²) >= 11 is 3.57. The first-order valence-electron chi connectivity index (χ1n) is 10.4. The highest BCUT2D eigenvalue weighted by Crippen LogP contribution is 2.22. The number of hydrogen-bond donors (Lipinski definition) is 1. The summed E-state index contributed by atoms with van der Waals surface area (Å²) in [5.74, 6) is 0. The summed E-state index contributed by atoms with van der Waals surface area (Å²) in [5.41, 5.74) is 2.74. The summed E-state index contributed by atoms with van der Waals surface area (Å²) in [5, 5.41) is 3.62. The second-order valence-electron chi connectivity index (χ2n) is 6.92. The van der Waals surface area contributed by atoms with Crippen molar-refractivity contribution in [2.24, 2.45) is 0 Å². The zero-order valence-corrected chi connectivity index (χ0v) is 18.0. The third kappa shape index (κ3) is 11.6. The number of halogens is 1. The van der Waals surface area contributed by atoms with Gasteiger partial charge in [0.1, 0.15) is 0 Å². The Morgan fingerprint density at radius 2 is 1.52 bits per heavy atom. The van der Waals surface area contributed by atoms with Crippen molar-refractivity contribution in [1.82, 2.24) is 0 Å². The van der Waals surface area contributed by atoms with Gasteiger partial charge in [0.05, 0.1) is 0 Å². The summed E-state index contributed by atoms with van der Waals surface area (Å²) in [6.07, 6.45) is 13.9. The van der Waals surface area contributed by atoms with Crippen LogP contribution in [0.5, 0.6) is 0 Å². The molecule has 1 rings (SSSR count). The molecule has 0 unspecified atom stereocenters. The standard InChI is InChI=1S/C22H38BrNO/c1-3-5-11-17-25-18-12-9-7-6-8-10-16-24-22-15-14-21(23)19-20(22)13-4-2/h14-15,19,24H,3-13,16-18H2,1-2H3. The van der Waals surface area contributed by atoms with Crippen LogP contribution in [0.4, 0.5) is 5.69 Å². The highest BCUT2D eigenvalue weighted by molar-refractivity contribution is 9.10. The van der Waals surface area contributed by atoms with Crippen molar-refractivity contribution >= 4 is 21.6 Å². The van der Waals surface area contributed by atoms with Crippen LogP contribution in [0.25, 0.3) is 0 Å². The fourth-order valence-corrected chi connectivity index (χ4v) is 3.43. The maximum absolute atomic E-state index is 5.66. The average molecular weight is 412 g/mol. The van der Waals surface area contributed by atoms with E-state index in [2.05, 4.69) is 53.3 Å². The molecule has 0 atom stereocenters. The largest absolute Gasteiger partial charge is 0.385 e. The third-order valence-corrected chi connectivity index (χ3v) is 5.00. The van der Waals surface area contributed by atoms with E-state index in [1.807, 2.05) is 0 Å². The molecular weight excluding hydrogens is 374 g/mol. The lowest BCUT2D eigenvalue weighted by molar-refractivity contribution is 0.126. The van der Waals surface area contributed by atoms with Crippen LogP contribution in [0.3, 0.4) is 0 Å². The van der Waals surface area contributed by atoms with Crippen molar-refractivity contribution in [2.75, 3.05) is 25.1 Å². The Morgan fingerprint density at radius 3 is 2.24 bits per heavy atom. The molecule has 0 spiro atoms. The molecule has 1 N–H and O–H groups in total. The molecule has 2 nitrogen and oxygen atoms in total. The number of benzene rings is 1. The number of anilines is 1. The molecule has 0 saturated heterocycles. The fourth-order valence-electron chi connectivity index (χ4n) is 3.03. The predicted octanol–water partition coefficient (Wildman–Crippen LogP) is 7.36. The van der Waals surface area contributed by atoms with Crippen molar-refractivity contribution < 1.29 is 4.74 Å². The van der Waals surface area contributed by atoms with Gasteiger partial charge < -0.3 is 10.1 Å². The monoisotopic (exact) mass is 411 g/mol. The Balaban J connectivity index is 1.97. The van der Waals surface area contributed by atoms with Crippen LogP contribution in [0.2, 0.25) is 0 Å². The minimum atomic E-state index is 0.953. The Bertz CT molecular complexity index is 436. The van der Waals surface area contributed by atoms with E-state index in [1.54, 1.807) is 0 Å². The molecule has 144 valence electrons. The Kier molecular flexibility index (Phi) is 14.1. The van der Waals surface area contributed by atoms with Gasteiger partial charge in [-0.05, 0) is 49.4 Å². The molecule has 1 aromatic carbocycles. The number of rotatable bonds is 16. The van der Waals surface area contributed by atoms with Crippen molar-refractivity contribution in [3.8, 4) is 0 Å². The van der Waals surface area contributed by atoms with Gasteiger partial charge in [-0.25, -0.2) is 0 Å². The maximum Gasteiger partial charge on any atom is 0.0466 e. The number of hydrogen-bond acceptors (Lipinski definition) is 2. The topological polar surface area (TPSA) is 21.3 Å². The molecule has 0 bridgehead atoms. The molecule has 0 aliphatic heterocycles. The minimum absolute atomic E-state index is 0.953. The normalized spacial score (nSPS) is 11.0. The van der Waals surface area contributed by atoms with E-state index in [1.165, 1.54) is 79.9 Å². The van der Waals surface area contributed by atoms with Gasteiger partial charge in [0.25, 0.3) is 0 Å². The lowest BCUT2D eigenvalue weighted by Gasteiger charge is -2.12. The van der Waals surface area contributed by atoms with Gasteiger partial charge in [-0.2, -0.15) is 0 Å². The SMILES string of the molecule is CCCCCOCCCCCCCCNc1ccc(Br)cc1CCC. The summed E-state index contributed by atoms with van der Waals surface area (Å²) < 4.78 is 6.83. The lowest BCUT2D eigenvalue weighted by Crippen LogP contribution is -2.04. The zero-order chi connectivity index (χ0) is 18.2. The predicted molar refractivity (Wildman–Crippen MR) is 115 cm³/mol. The van der Waals surface area contributed by atoms with E-state index >= 15 is 0 Å². The zero-order valence-electron chi connectivity index (χ0n) is 16.4. The number of nitrogens with one attached hydrogen (secondary N) is 1. The van der Waals surface area contributed by atoms with Gasteiger partial charge >= 0.3 is 0 Å². The molecule has 0 aromatic heterocycles. The van der Waals surface area contributed by atoms with E-state index in [9.17, 15) is 0 Å². The molecule has 0 aliphatic carbocycles. The molecule has 3 heteroatoms. The van der Waals surface area contributed by atoms with E-state index in [4.69, 9.17) is 4.74 Å². The molecule has 0 fully saturated rings. The first-order valence-corrected chi connectivity index (χ1v) is 11.2. The van der Waals surface area contributed by atoms with E-state index in [0.717, 1.165) is 26.2 Å². The summed E-state index contributed by atoms with van der Waals surface area (Å²) in [6.45, 7) is 7.46. The van der Waals surface area contributed by atoms with E-state index in [0.29, 0.717) is 0 Å². The number of aryl methyl sites for hydroxylation is 1. The first-order chi connectivity index (χ1) is 12.3. The summed E-state index contributed by atoms with van der Waals surface area (Å²) in [7, 11) is 0. The van der Waals surface area contributed by atoms with Gasteiger partial charge in [-0.3, -0.25) is 0 Å². The van der Waals surface area contributed by atoms with Crippen LogP contribution in [0, 0.1) is 0 Å². The van der Waals surface area contributed by atoms with Gasteiger partial charge in [-0.15, -0.1) is 0 Å². The highest BCUT2D eigenvalue weighted by atomic mass is 79.9. The summed E-state index contributed by atoms with van der Waals surface area (Å²) in [6, 6.07) is 6.58. The van der Waals surface area contributed by atoms with Crippen molar-refractivity contribution in [1.29, 1.82) is 0 Å². The second-order valence-corrected chi connectivity index (χ2v) is 7.83. The van der Waals surface area contributed by atoms with Gasteiger partial charge in [0.15, 0.2) is 0 Å². The molecular formula is C22H38BrNO. The van der Waals surface area contributed by atoms with Crippen molar-refractivity contribution in [3.63, 3.8) is 0 Å². The summed E-state index contributed by atoms with van der Waals surface area (Å²) in [4.78, 5) is 0.